The molecule has 136 valence electrons. The molecule has 1 aliphatic rings. The molecule has 2 aromatic rings. The van der Waals surface area contributed by atoms with Gasteiger partial charge in [0.05, 0.1) is 6.54 Å². The average Bonchev–Trinajstić information content (AvgIpc) is 2.70. The number of piperazine rings is 1. The summed E-state index contributed by atoms with van der Waals surface area (Å²) in [5.74, 6) is 0.174. The normalized spacial score (nSPS) is 15.5. The van der Waals surface area contributed by atoms with Crippen LogP contribution in [-0.4, -0.2) is 60.0 Å². The first-order valence-corrected chi connectivity index (χ1v) is 9.12. The molecule has 0 atom stereocenters. The lowest BCUT2D eigenvalue weighted by Gasteiger charge is -2.34. The molecule has 1 fully saturated rings. The van der Waals surface area contributed by atoms with Crippen molar-refractivity contribution in [3.63, 3.8) is 0 Å². The number of benzene rings is 1. The number of nitrogens with one attached hydrogen (secondary N) is 1. The van der Waals surface area contributed by atoms with Crippen LogP contribution in [0.5, 0.6) is 0 Å². The van der Waals surface area contributed by atoms with Crippen molar-refractivity contribution in [3.8, 4) is 0 Å². The van der Waals surface area contributed by atoms with E-state index < -0.39 is 0 Å². The average molecular weight is 350 g/mol. The monoisotopic (exact) mass is 350 g/mol. The number of carbonyl (C=O) groups excluding carboxylic acids is 1. The number of aromatic nitrogens is 1. The highest BCUT2D eigenvalue weighted by Crippen LogP contribution is 2.05. The predicted octanol–water partition coefficient (Wildman–Crippen LogP) is 2.03. The molecular formula is C21H26N4O. The van der Waals surface area contributed by atoms with Gasteiger partial charge in [-0.3, -0.25) is 14.7 Å². The molecule has 5 heteroatoms. The Morgan fingerprint density at radius 2 is 1.88 bits per heavy atom. The van der Waals surface area contributed by atoms with Crippen LogP contribution in [0.3, 0.4) is 0 Å². The lowest BCUT2D eigenvalue weighted by molar-refractivity contribution is -0.131. The highest BCUT2D eigenvalue weighted by Gasteiger charge is 2.19. The Morgan fingerprint density at radius 1 is 1.08 bits per heavy atom. The van der Waals surface area contributed by atoms with Crippen molar-refractivity contribution >= 4 is 12.0 Å². The fourth-order valence-electron chi connectivity index (χ4n) is 3.01. The molecule has 5 nitrogen and oxygen atoms in total. The number of nitrogens with zero attached hydrogens (tertiary/aromatic N) is 3. The summed E-state index contributed by atoms with van der Waals surface area (Å²) < 4.78 is 0. The molecule has 0 aliphatic carbocycles. The van der Waals surface area contributed by atoms with Crippen LogP contribution < -0.4 is 5.32 Å². The minimum atomic E-state index is 0.174. The van der Waals surface area contributed by atoms with Crippen LogP contribution >= 0.6 is 0 Å². The van der Waals surface area contributed by atoms with E-state index in [0.29, 0.717) is 13.1 Å². The molecule has 1 aromatic heterocycles. The Kier molecular flexibility index (Phi) is 6.93. The summed E-state index contributed by atoms with van der Waals surface area (Å²) in [4.78, 5) is 20.7. The maximum atomic E-state index is 12.3. The Balaban J connectivity index is 1.34. The minimum Gasteiger partial charge on any atom is -0.339 e. The molecule has 1 saturated heterocycles. The first kappa shape index (κ1) is 18.3. The fraction of sp³-hybridized carbons (Fsp3) is 0.333. The van der Waals surface area contributed by atoms with Crippen molar-refractivity contribution in [2.45, 2.75) is 6.54 Å². The van der Waals surface area contributed by atoms with E-state index in [1.165, 1.54) is 5.56 Å². The summed E-state index contributed by atoms with van der Waals surface area (Å²) in [7, 11) is 0. The molecule has 1 amide bonds. The molecule has 0 radical (unpaired) electrons. The molecule has 1 N–H and O–H groups in total. The van der Waals surface area contributed by atoms with E-state index in [2.05, 4.69) is 39.5 Å². The number of hydrogen-bond acceptors (Lipinski definition) is 4. The van der Waals surface area contributed by atoms with Crippen LogP contribution in [-0.2, 0) is 11.3 Å². The molecule has 2 heterocycles. The van der Waals surface area contributed by atoms with Gasteiger partial charge in [-0.05, 0) is 17.2 Å². The van der Waals surface area contributed by atoms with Gasteiger partial charge in [0, 0.05) is 51.7 Å². The lowest BCUT2D eigenvalue weighted by atomic mass is 10.2. The molecule has 0 unspecified atom stereocenters. The van der Waals surface area contributed by atoms with Crippen molar-refractivity contribution in [1.29, 1.82) is 0 Å². The Bertz CT molecular complexity index is 694. The third-order valence-corrected chi connectivity index (χ3v) is 4.53. The maximum Gasteiger partial charge on any atom is 0.236 e. The third kappa shape index (κ3) is 5.79. The van der Waals surface area contributed by atoms with E-state index in [4.69, 9.17) is 0 Å². The van der Waals surface area contributed by atoms with Crippen molar-refractivity contribution < 1.29 is 4.79 Å². The minimum absolute atomic E-state index is 0.174. The SMILES string of the molecule is O=C(CNCc1cccnc1)N1CCN(C/C=C/c2ccccc2)CC1. The second-order valence-corrected chi connectivity index (χ2v) is 6.46. The smallest absolute Gasteiger partial charge is 0.236 e. The molecule has 1 aromatic carbocycles. The first-order valence-electron chi connectivity index (χ1n) is 9.12. The summed E-state index contributed by atoms with van der Waals surface area (Å²) in [5, 5.41) is 3.21. The van der Waals surface area contributed by atoms with Gasteiger partial charge >= 0.3 is 0 Å². The van der Waals surface area contributed by atoms with Gasteiger partial charge in [0.1, 0.15) is 0 Å². The Labute approximate surface area is 155 Å². The van der Waals surface area contributed by atoms with Crippen LogP contribution in [0.1, 0.15) is 11.1 Å². The van der Waals surface area contributed by atoms with Gasteiger partial charge in [-0.2, -0.15) is 0 Å². The second kappa shape index (κ2) is 9.85. The maximum absolute atomic E-state index is 12.3. The first-order chi connectivity index (χ1) is 12.8. The number of carbonyl (C=O) groups is 1. The van der Waals surface area contributed by atoms with E-state index in [1.54, 1.807) is 6.20 Å². The molecule has 3 rings (SSSR count). The van der Waals surface area contributed by atoms with Crippen LogP contribution in [0.25, 0.3) is 6.08 Å². The number of pyridine rings is 1. The predicted molar refractivity (Wildman–Crippen MR) is 104 cm³/mol. The molecule has 0 bridgehead atoms. The number of rotatable bonds is 7. The highest BCUT2D eigenvalue weighted by atomic mass is 16.2. The van der Waals surface area contributed by atoms with E-state index in [0.717, 1.165) is 38.3 Å². The molecule has 1 aliphatic heterocycles. The summed E-state index contributed by atoms with van der Waals surface area (Å²) >= 11 is 0. The van der Waals surface area contributed by atoms with Gasteiger partial charge in [0.15, 0.2) is 0 Å². The number of amides is 1. The van der Waals surface area contributed by atoms with Crippen LogP contribution in [0.4, 0.5) is 0 Å². The summed E-state index contributed by atoms with van der Waals surface area (Å²) in [5.41, 5.74) is 2.32. The van der Waals surface area contributed by atoms with Crippen molar-refractivity contribution in [2.24, 2.45) is 0 Å². The molecule has 0 saturated carbocycles. The van der Waals surface area contributed by atoms with Gasteiger partial charge < -0.3 is 10.2 Å². The standard InChI is InChI=1S/C21H26N4O/c26-21(18-23-17-20-8-4-10-22-16-20)25-14-12-24(13-15-25)11-5-9-19-6-2-1-3-7-19/h1-10,16,23H,11-15,17-18H2/b9-5+. The zero-order chi connectivity index (χ0) is 18.0. The summed E-state index contributed by atoms with van der Waals surface area (Å²) in [6, 6.07) is 14.2. The van der Waals surface area contributed by atoms with Crippen LogP contribution in [0.2, 0.25) is 0 Å². The zero-order valence-electron chi connectivity index (χ0n) is 15.1. The third-order valence-electron chi connectivity index (χ3n) is 4.53. The van der Waals surface area contributed by atoms with Crippen LogP contribution in [0.15, 0.2) is 60.9 Å². The van der Waals surface area contributed by atoms with Crippen molar-refractivity contribution in [1.82, 2.24) is 20.1 Å². The fourth-order valence-corrected chi connectivity index (χ4v) is 3.01. The highest BCUT2D eigenvalue weighted by molar-refractivity contribution is 5.78. The van der Waals surface area contributed by atoms with E-state index in [9.17, 15) is 4.79 Å². The van der Waals surface area contributed by atoms with Gasteiger partial charge in [0.25, 0.3) is 0 Å². The summed E-state index contributed by atoms with van der Waals surface area (Å²) in [6.45, 7) is 5.42. The van der Waals surface area contributed by atoms with E-state index >= 15 is 0 Å². The zero-order valence-corrected chi connectivity index (χ0v) is 15.1. The summed E-state index contributed by atoms with van der Waals surface area (Å²) in [6.07, 6.45) is 7.92. The van der Waals surface area contributed by atoms with Gasteiger partial charge in [-0.1, -0.05) is 48.6 Å². The lowest BCUT2D eigenvalue weighted by Crippen LogP contribution is -2.50. The van der Waals surface area contributed by atoms with E-state index in [-0.39, 0.29) is 5.91 Å². The number of hydrogen-bond donors (Lipinski definition) is 1. The Morgan fingerprint density at radius 3 is 2.62 bits per heavy atom. The van der Waals surface area contributed by atoms with E-state index in [1.807, 2.05) is 41.4 Å². The molecular weight excluding hydrogens is 324 g/mol. The molecule has 26 heavy (non-hydrogen) atoms. The van der Waals surface area contributed by atoms with Gasteiger partial charge in [0.2, 0.25) is 5.91 Å². The molecule has 0 spiro atoms. The quantitative estimate of drug-likeness (QED) is 0.830. The Hall–Kier alpha value is -2.50. The second-order valence-electron chi connectivity index (χ2n) is 6.46. The van der Waals surface area contributed by atoms with Gasteiger partial charge in [-0.15, -0.1) is 0 Å². The van der Waals surface area contributed by atoms with Crippen molar-refractivity contribution in [2.75, 3.05) is 39.3 Å². The largest absolute Gasteiger partial charge is 0.339 e. The topological polar surface area (TPSA) is 48.5 Å². The van der Waals surface area contributed by atoms with Crippen molar-refractivity contribution in [3.05, 3.63) is 72.1 Å². The van der Waals surface area contributed by atoms with Gasteiger partial charge in [-0.25, -0.2) is 0 Å². The van der Waals surface area contributed by atoms with Crippen LogP contribution in [0, 0.1) is 0 Å².